The quantitative estimate of drug-likeness (QED) is 0.216. The van der Waals surface area contributed by atoms with Crippen LogP contribution < -0.4 is 4.74 Å². The highest BCUT2D eigenvalue weighted by Crippen LogP contribution is 2.59. The van der Waals surface area contributed by atoms with Crippen LogP contribution in [0.3, 0.4) is 0 Å². The lowest BCUT2D eigenvalue weighted by Gasteiger charge is -2.45. The van der Waals surface area contributed by atoms with Crippen molar-refractivity contribution in [3.63, 3.8) is 0 Å². The highest BCUT2D eigenvalue weighted by Gasteiger charge is 2.57. The first-order valence-electron chi connectivity index (χ1n) is 16.2. The molecular formula is C38H47NO6S. The van der Waals surface area contributed by atoms with Gasteiger partial charge >= 0.3 is 0 Å². The lowest BCUT2D eigenvalue weighted by Crippen LogP contribution is -2.53. The van der Waals surface area contributed by atoms with Gasteiger partial charge in [0, 0.05) is 29.6 Å². The minimum absolute atomic E-state index is 0.0392. The Labute approximate surface area is 274 Å². The number of hydrogen-bond donors (Lipinski definition) is 2. The number of carbonyl (C=O) groups excluding carboxylic acids is 1. The zero-order valence-corrected chi connectivity index (χ0v) is 28.2. The van der Waals surface area contributed by atoms with Crippen molar-refractivity contribution >= 4 is 15.8 Å². The molecule has 0 spiro atoms. The van der Waals surface area contributed by atoms with Crippen LogP contribution in [-0.2, 0) is 23.0 Å². The maximum Gasteiger partial charge on any atom is 0.211 e. The number of allylic oxidation sites excluding steroid dienone is 2. The lowest BCUT2D eigenvalue weighted by atomic mass is 9.64. The highest BCUT2D eigenvalue weighted by atomic mass is 32.2. The highest BCUT2D eigenvalue weighted by molar-refractivity contribution is 7.88. The smallest absolute Gasteiger partial charge is 0.211 e. The number of ether oxygens (including phenoxy) is 1. The molecule has 2 bridgehead atoms. The Balaban J connectivity index is 1.60. The predicted octanol–water partition coefficient (Wildman–Crippen LogP) is 6.43. The van der Waals surface area contributed by atoms with Crippen LogP contribution in [0.5, 0.6) is 5.75 Å². The number of aliphatic hydroxyl groups excluding tert-OH is 1. The van der Waals surface area contributed by atoms with E-state index in [0.717, 1.165) is 23.1 Å². The van der Waals surface area contributed by atoms with Crippen molar-refractivity contribution in [3.05, 3.63) is 112 Å². The molecule has 7 nitrogen and oxygen atoms in total. The van der Waals surface area contributed by atoms with Gasteiger partial charge in [0.05, 0.1) is 25.1 Å². The van der Waals surface area contributed by atoms with Gasteiger partial charge in [-0.1, -0.05) is 61.0 Å². The molecule has 246 valence electrons. The summed E-state index contributed by atoms with van der Waals surface area (Å²) in [5.41, 5.74) is 2.77. The molecule has 3 aliphatic carbocycles. The number of carbonyl (C=O) groups is 1. The third-order valence-corrected chi connectivity index (χ3v) is 11.6. The number of benzene rings is 3. The van der Waals surface area contributed by atoms with Gasteiger partial charge in [-0.25, -0.2) is 8.42 Å². The topological polar surface area (TPSA) is 104 Å². The Morgan fingerprint density at radius 1 is 1.02 bits per heavy atom. The van der Waals surface area contributed by atoms with Crippen molar-refractivity contribution in [1.29, 1.82) is 0 Å². The lowest BCUT2D eigenvalue weighted by molar-refractivity contribution is -0.0731. The Morgan fingerprint density at radius 3 is 2.41 bits per heavy atom. The fraction of sp³-hybridized carbons (Fsp3) is 0.447. The van der Waals surface area contributed by atoms with Crippen molar-refractivity contribution < 1.29 is 28.2 Å². The number of methoxy groups -OCH3 is 1. The molecule has 3 aromatic carbocycles. The molecule has 3 aromatic rings. The number of sulfonamides is 1. The summed E-state index contributed by atoms with van der Waals surface area (Å²) in [4.78, 5) is 14.2. The summed E-state index contributed by atoms with van der Waals surface area (Å²) in [6.45, 7) is 4.27. The zero-order valence-electron chi connectivity index (χ0n) is 27.4. The van der Waals surface area contributed by atoms with Gasteiger partial charge in [-0.05, 0) is 105 Å². The molecule has 3 aliphatic rings. The van der Waals surface area contributed by atoms with E-state index in [2.05, 4.69) is 19.9 Å². The summed E-state index contributed by atoms with van der Waals surface area (Å²) in [5, 5.41) is 23.5. The summed E-state index contributed by atoms with van der Waals surface area (Å²) >= 11 is 0. The molecule has 8 heteroatoms. The van der Waals surface area contributed by atoms with E-state index in [1.807, 2.05) is 48.5 Å². The van der Waals surface area contributed by atoms with Crippen molar-refractivity contribution in [3.8, 4) is 5.75 Å². The van der Waals surface area contributed by atoms with Crippen LogP contribution in [0.2, 0.25) is 0 Å². The second-order valence-corrected chi connectivity index (χ2v) is 15.5. The third kappa shape index (κ3) is 7.31. The molecule has 2 N–H and O–H groups in total. The first kappa shape index (κ1) is 34.0. The fourth-order valence-electron chi connectivity index (χ4n) is 7.46. The van der Waals surface area contributed by atoms with Crippen LogP contribution in [0.15, 0.2) is 84.4 Å². The Bertz CT molecular complexity index is 1670. The van der Waals surface area contributed by atoms with Crippen LogP contribution >= 0.6 is 0 Å². The molecule has 0 radical (unpaired) electrons. The van der Waals surface area contributed by atoms with Crippen molar-refractivity contribution in [2.75, 3.05) is 19.9 Å². The summed E-state index contributed by atoms with van der Waals surface area (Å²) < 4.78 is 33.0. The summed E-state index contributed by atoms with van der Waals surface area (Å²) in [6, 6.07) is 22.4. The maximum atomic E-state index is 14.2. The molecule has 46 heavy (non-hydrogen) atoms. The second kappa shape index (κ2) is 13.8. The fourth-order valence-corrected chi connectivity index (χ4v) is 8.30. The summed E-state index contributed by atoms with van der Waals surface area (Å²) in [6.07, 6.45) is 6.94. The van der Waals surface area contributed by atoms with Crippen molar-refractivity contribution in [2.45, 2.75) is 83.0 Å². The number of nitrogens with zero attached hydrogens (tertiary/aromatic N) is 1. The number of rotatable bonds is 8. The molecule has 0 amide bonds. The van der Waals surface area contributed by atoms with E-state index in [4.69, 9.17) is 4.74 Å². The SMILES string of the molecule is COc1ccc(C(=O)c2cc3ccc2C2CCC(O)(CN(Cc4ccccc4)S(C)(=O)=O)C2(C)CCC=C(C)CCC(O)C3)cc1. The van der Waals surface area contributed by atoms with Gasteiger partial charge in [0.2, 0.25) is 10.0 Å². The maximum absolute atomic E-state index is 14.2. The van der Waals surface area contributed by atoms with E-state index in [1.165, 1.54) is 16.1 Å². The molecule has 1 saturated carbocycles. The molecule has 0 heterocycles. The van der Waals surface area contributed by atoms with Gasteiger partial charge in [-0.3, -0.25) is 4.79 Å². The number of aliphatic hydroxyl groups is 2. The standard InChI is InChI=1S/C38H47NO6S/c1-27-9-8-21-37(2)35(20-22-38(37,42)26-39(46(4,43)44)25-28-10-6-5-7-11-28)33-19-13-29(23-31(40)16-12-27)24-34(33)36(41)30-14-17-32(45-3)18-15-30/h5-7,9-11,13-15,17-19,24,31,35,40,42H,8,12,16,20-23,25-26H2,1-4H3. The van der Waals surface area contributed by atoms with Gasteiger partial charge in [0.15, 0.2) is 5.78 Å². The number of ketones is 1. The van der Waals surface area contributed by atoms with Gasteiger partial charge in [-0.15, -0.1) is 0 Å². The third-order valence-electron chi connectivity index (χ3n) is 10.4. The first-order valence-corrected chi connectivity index (χ1v) is 18.0. The van der Waals surface area contributed by atoms with Gasteiger partial charge in [-0.2, -0.15) is 4.31 Å². The molecule has 1 fully saturated rings. The van der Waals surface area contributed by atoms with E-state index in [-0.39, 0.29) is 24.8 Å². The van der Waals surface area contributed by atoms with Gasteiger partial charge in [0.1, 0.15) is 5.75 Å². The minimum Gasteiger partial charge on any atom is -0.497 e. The number of hydrogen-bond acceptors (Lipinski definition) is 6. The Morgan fingerprint density at radius 2 is 1.74 bits per heavy atom. The van der Waals surface area contributed by atoms with E-state index >= 15 is 0 Å². The summed E-state index contributed by atoms with van der Waals surface area (Å²) in [7, 11) is -2.07. The van der Waals surface area contributed by atoms with E-state index in [1.54, 1.807) is 31.4 Å². The van der Waals surface area contributed by atoms with Crippen molar-refractivity contribution in [1.82, 2.24) is 4.31 Å². The average molecular weight is 646 g/mol. The van der Waals surface area contributed by atoms with Gasteiger partial charge in [0.25, 0.3) is 0 Å². The predicted molar refractivity (Wildman–Crippen MR) is 182 cm³/mol. The zero-order chi connectivity index (χ0) is 33.1. The Kier molecular flexibility index (Phi) is 10.2. The molecule has 4 atom stereocenters. The molecule has 0 aliphatic heterocycles. The van der Waals surface area contributed by atoms with Crippen LogP contribution in [-0.4, -0.2) is 60.3 Å². The largest absolute Gasteiger partial charge is 0.497 e. The monoisotopic (exact) mass is 645 g/mol. The van der Waals surface area contributed by atoms with Crippen LogP contribution in [0.1, 0.15) is 90.9 Å². The molecular weight excluding hydrogens is 598 g/mol. The van der Waals surface area contributed by atoms with Gasteiger partial charge < -0.3 is 14.9 Å². The first-order chi connectivity index (χ1) is 21.8. The van der Waals surface area contributed by atoms with Crippen LogP contribution in [0.25, 0.3) is 0 Å². The minimum atomic E-state index is -3.66. The molecule has 6 rings (SSSR count). The number of fused-ring (bicyclic) bond motifs is 8. The van der Waals surface area contributed by atoms with Crippen LogP contribution in [0, 0.1) is 5.41 Å². The second-order valence-electron chi connectivity index (χ2n) is 13.5. The molecule has 0 aromatic heterocycles. The normalized spacial score (nSPS) is 25.5. The van der Waals surface area contributed by atoms with E-state index in [0.29, 0.717) is 55.4 Å². The van der Waals surface area contributed by atoms with Crippen LogP contribution in [0.4, 0.5) is 0 Å². The summed E-state index contributed by atoms with van der Waals surface area (Å²) in [5.74, 6) is 0.325. The molecule has 4 unspecified atom stereocenters. The Hall–Kier alpha value is -3.30. The average Bonchev–Trinajstić information content (AvgIpc) is 3.28. The van der Waals surface area contributed by atoms with E-state index in [9.17, 15) is 23.4 Å². The van der Waals surface area contributed by atoms with E-state index < -0.39 is 27.1 Å². The molecule has 0 saturated heterocycles. The van der Waals surface area contributed by atoms with Crippen molar-refractivity contribution in [2.24, 2.45) is 5.41 Å².